The number of anilines is 2. The van der Waals surface area contributed by atoms with Crippen molar-refractivity contribution in [2.75, 3.05) is 5.32 Å². The molecule has 3 rings (SSSR count). The zero-order chi connectivity index (χ0) is 13.4. The monoisotopic (exact) mass is 297 g/mol. The summed E-state index contributed by atoms with van der Waals surface area (Å²) in [7, 11) is 0. The van der Waals surface area contributed by atoms with Crippen molar-refractivity contribution in [1.29, 1.82) is 0 Å². The van der Waals surface area contributed by atoms with Crippen LogP contribution in [0.1, 0.15) is 0 Å². The molecule has 0 aliphatic rings. The first-order valence-corrected chi connectivity index (χ1v) is 6.52. The van der Waals surface area contributed by atoms with Gasteiger partial charge in [0.25, 0.3) is 0 Å². The first-order chi connectivity index (χ1) is 9.13. The minimum absolute atomic E-state index is 0.0911. The molecule has 0 aliphatic heterocycles. The number of fused-ring (bicyclic) bond motifs is 1. The molecule has 0 aliphatic carbocycles. The second kappa shape index (κ2) is 4.71. The van der Waals surface area contributed by atoms with Gasteiger partial charge < -0.3 is 5.32 Å². The van der Waals surface area contributed by atoms with Crippen LogP contribution in [0.2, 0.25) is 5.15 Å². The Morgan fingerprint density at radius 3 is 2.79 bits per heavy atom. The standard InChI is InChI=1S/C12H6ClF2N3S/c13-10-7-3-4-19-11(7)18-12(17-10)16-9-2-1-6(14)5-8(9)15/h1-5H,(H,16,17,18). The zero-order valence-electron chi connectivity index (χ0n) is 9.32. The molecule has 19 heavy (non-hydrogen) atoms. The zero-order valence-corrected chi connectivity index (χ0v) is 10.9. The number of thiophene rings is 1. The maximum absolute atomic E-state index is 13.5. The fraction of sp³-hybridized carbons (Fsp3) is 0. The molecule has 3 nitrogen and oxygen atoms in total. The molecule has 1 N–H and O–H groups in total. The highest BCUT2D eigenvalue weighted by molar-refractivity contribution is 7.16. The number of nitrogens with one attached hydrogen (secondary N) is 1. The van der Waals surface area contributed by atoms with E-state index in [1.54, 1.807) is 0 Å². The maximum atomic E-state index is 13.5. The van der Waals surface area contributed by atoms with Crippen LogP contribution in [0.4, 0.5) is 20.4 Å². The summed E-state index contributed by atoms with van der Waals surface area (Å²) in [6, 6.07) is 5.02. The van der Waals surface area contributed by atoms with Gasteiger partial charge in [-0.15, -0.1) is 11.3 Å². The molecule has 0 fully saturated rings. The number of aromatic nitrogens is 2. The first kappa shape index (κ1) is 12.3. The molecular formula is C12H6ClF2N3S. The molecule has 2 aromatic heterocycles. The molecule has 1 aromatic carbocycles. The summed E-state index contributed by atoms with van der Waals surface area (Å²) >= 11 is 7.40. The van der Waals surface area contributed by atoms with Crippen LogP contribution in [0.3, 0.4) is 0 Å². The van der Waals surface area contributed by atoms with Crippen LogP contribution in [0.15, 0.2) is 29.6 Å². The third-order valence-corrected chi connectivity index (χ3v) is 3.55. The quantitative estimate of drug-likeness (QED) is 0.714. The number of hydrogen-bond donors (Lipinski definition) is 1. The second-order valence-electron chi connectivity index (χ2n) is 3.73. The van der Waals surface area contributed by atoms with E-state index in [1.165, 1.54) is 17.4 Å². The highest BCUT2D eigenvalue weighted by atomic mass is 35.5. The highest BCUT2D eigenvalue weighted by Gasteiger charge is 2.09. The minimum atomic E-state index is -0.717. The Hall–Kier alpha value is -1.79. The van der Waals surface area contributed by atoms with E-state index in [1.807, 2.05) is 11.4 Å². The molecule has 96 valence electrons. The molecule has 3 aromatic rings. The van der Waals surface area contributed by atoms with E-state index >= 15 is 0 Å². The number of benzene rings is 1. The van der Waals surface area contributed by atoms with E-state index in [4.69, 9.17) is 11.6 Å². The Labute approximate surface area is 115 Å². The summed E-state index contributed by atoms with van der Waals surface area (Å²) < 4.78 is 26.3. The van der Waals surface area contributed by atoms with Crippen LogP contribution < -0.4 is 5.32 Å². The largest absolute Gasteiger partial charge is 0.322 e. The maximum Gasteiger partial charge on any atom is 0.230 e. The fourth-order valence-corrected chi connectivity index (χ4v) is 2.64. The van der Waals surface area contributed by atoms with Gasteiger partial charge in [0, 0.05) is 11.5 Å². The van der Waals surface area contributed by atoms with Gasteiger partial charge in [-0.3, -0.25) is 0 Å². The smallest absolute Gasteiger partial charge is 0.230 e. The number of hydrogen-bond acceptors (Lipinski definition) is 4. The number of rotatable bonds is 2. The average Bonchev–Trinajstić information content (AvgIpc) is 2.81. The molecule has 2 heterocycles. The number of nitrogens with zero attached hydrogens (tertiary/aromatic N) is 2. The van der Waals surface area contributed by atoms with Gasteiger partial charge in [0.2, 0.25) is 5.95 Å². The van der Waals surface area contributed by atoms with E-state index in [2.05, 4.69) is 15.3 Å². The van der Waals surface area contributed by atoms with E-state index in [0.717, 1.165) is 17.5 Å². The van der Waals surface area contributed by atoms with Gasteiger partial charge in [-0.25, -0.2) is 18.7 Å². The van der Waals surface area contributed by atoms with Gasteiger partial charge in [0.05, 0.1) is 5.69 Å². The molecule has 0 atom stereocenters. The molecule has 0 bridgehead atoms. The van der Waals surface area contributed by atoms with Gasteiger partial charge >= 0.3 is 0 Å². The lowest BCUT2D eigenvalue weighted by molar-refractivity contribution is 0.586. The van der Waals surface area contributed by atoms with Crippen LogP contribution in [0.25, 0.3) is 10.2 Å². The molecular weight excluding hydrogens is 292 g/mol. The molecule has 0 saturated heterocycles. The van der Waals surface area contributed by atoms with E-state index in [-0.39, 0.29) is 16.8 Å². The van der Waals surface area contributed by atoms with Gasteiger partial charge in [-0.1, -0.05) is 11.6 Å². The molecule has 0 saturated carbocycles. The summed E-state index contributed by atoms with van der Waals surface area (Å²) in [6.45, 7) is 0. The van der Waals surface area contributed by atoms with Crippen LogP contribution in [0, 0.1) is 11.6 Å². The van der Waals surface area contributed by atoms with Crippen molar-refractivity contribution >= 4 is 44.8 Å². The third-order valence-electron chi connectivity index (χ3n) is 2.46. The third kappa shape index (κ3) is 2.36. The average molecular weight is 298 g/mol. The van der Waals surface area contributed by atoms with E-state index in [0.29, 0.717) is 4.83 Å². The van der Waals surface area contributed by atoms with Crippen molar-refractivity contribution in [2.24, 2.45) is 0 Å². The van der Waals surface area contributed by atoms with Crippen LogP contribution in [-0.4, -0.2) is 9.97 Å². The van der Waals surface area contributed by atoms with Crippen molar-refractivity contribution < 1.29 is 8.78 Å². The van der Waals surface area contributed by atoms with Gasteiger partial charge in [0.15, 0.2) is 0 Å². The summed E-state index contributed by atoms with van der Waals surface area (Å²) in [5.41, 5.74) is 0.0911. The van der Waals surface area contributed by atoms with E-state index < -0.39 is 11.6 Å². The Bertz CT molecular complexity index is 760. The topological polar surface area (TPSA) is 37.8 Å². The van der Waals surface area contributed by atoms with Crippen molar-refractivity contribution in [3.63, 3.8) is 0 Å². The molecule has 7 heteroatoms. The lowest BCUT2D eigenvalue weighted by Crippen LogP contribution is -1.99. The SMILES string of the molecule is Fc1ccc(Nc2nc(Cl)c3ccsc3n2)c(F)c1. The van der Waals surface area contributed by atoms with Crippen LogP contribution in [0.5, 0.6) is 0 Å². The summed E-state index contributed by atoms with van der Waals surface area (Å²) in [4.78, 5) is 8.93. The van der Waals surface area contributed by atoms with Crippen molar-refractivity contribution in [3.8, 4) is 0 Å². The Balaban J connectivity index is 2.00. The Morgan fingerprint density at radius 1 is 1.16 bits per heavy atom. The molecule has 0 radical (unpaired) electrons. The normalized spacial score (nSPS) is 10.9. The van der Waals surface area contributed by atoms with Crippen LogP contribution >= 0.6 is 22.9 Å². The van der Waals surface area contributed by atoms with Crippen molar-refractivity contribution in [1.82, 2.24) is 9.97 Å². The predicted molar refractivity (Wildman–Crippen MR) is 72.1 cm³/mol. The predicted octanol–water partition coefficient (Wildman–Crippen LogP) is 4.37. The Kier molecular flexibility index (Phi) is 3.04. The van der Waals surface area contributed by atoms with Gasteiger partial charge in [-0.2, -0.15) is 0 Å². The number of halogens is 3. The van der Waals surface area contributed by atoms with Crippen molar-refractivity contribution in [2.45, 2.75) is 0 Å². The minimum Gasteiger partial charge on any atom is -0.322 e. The molecule has 0 spiro atoms. The molecule has 0 amide bonds. The summed E-state index contributed by atoms with van der Waals surface area (Å²) in [6.07, 6.45) is 0. The molecule has 0 unspecified atom stereocenters. The van der Waals surface area contributed by atoms with Crippen molar-refractivity contribution in [3.05, 3.63) is 46.4 Å². The van der Waals surface area contributed by atoms with Crippen LogP contribution in [-0.2, 0) is 0 Å². The van der Waals surface area contributed by atoms with E-state index in [9.17, 15) is 8.78 Å². The fourth-order valence-electron chi connectivity index (χ4n) is 1.59. The lowest BCUT2D eigenvalue weighted by atomic mass is 10.3. The van der Waals surface area contributed by atoms with Gasteiger partial charge in [0.1, 0.15) is 21.6 Å². The summed E-state index contributed by atoms with van der Waals surface area (Å²) in [5, 5.41) is 5.56. The lowest BCUT2D eigenvalue weighted by Gasteiger charge is -2.06. The first-order valence-electron chi connectivity index (χ1n) is 5.26. The second-order valence-corrected chi connectivity index (χ2v) is 4.98. The highest BCUT2D eigenvalue weighted by Crippen LogP contribution is 2.27. The summed E-state index contributed by atoms with van der Waals surface area (Å²) in [5.74, 6) is -1.19. The Morgan fingerprint density at radius 2 is 2.00 bits per heavy atom. The van der Waals surface area contributed by atoms with Gasteiger partial charge in [-0.05, 0) is 23.6 Å².